The standard InChI is InChI=1S/C28H37N8O3/c1-28(2,3)16-6-7-18-19(11-16)34-21(33-18)8-5-15-9-17(10-15)35(4)12-20-23(37)24(38)27(39-20)36-14-32-22-25(29)30-13-31-26(22)36/h6-7,11,13,15,17,20,23-24,27,37-38H,5,8-10,12H2,1-4H3,(H,33,34)(H2,29,30,31)/q+1. The van der Waals surface area contributed by atoms with Crippen LogP contribution in [0.15, 0.2) is 29.5 Å². The highest BCUT2D eigenvalue weighted by atomic mass is 16.6. The molecule has 4 atom stereocenters. The van der Waals surface area contributed by atoms with E-state index in [9.17, 15) is 10.2 Å². The molecule has 3 aromatic rings. The number of hydrogen-bond acceptors (Lipinski definition) is 9. The Kier molecular flexibility index (Phi) is 6.52. The van der Waals surface area contributed by atoms with Gasteiger partial charge in [-0.05, 0) is 60.3 Å². The van der Waals surface area contributed by atoms with Gasteiger partial charge in [0.05, 0.1) is 11.0 Å². The molecule has 2 aliphatic heterocycles. The third kappa shape index (κ3) is 4.85. The molecule has 39 heavy (non-hydrogen) atoms. The molecule has 1 saturated heterocycles. The molecule has 206 valence electrons. The summed E-state index contributed by atoms with van der Waals surface area (Å²) in [5, 5.41) is 21.5. The monoisotopic (exact) mass is 533 g/mol. The Hall–Kier alpha value is -3.21. The van der Waals surface area contributed by atoms with E-state index in [-0.39, 0.29) is 11.2 Å². The lowest BCUT2D eigenvalue weighted by molar-refractivity contribution is -0.545. The molecule has 0 bridgehead atoms. The molecule has 5 N–H and O–H groups in total. The van der Waals surface area contributed by atoms with Crippen LogP contribution in [0.1, 0.15) is 51.4 Å². The predicted octanol–water partition coefficient (Wildman–Crippen LogP) is 2.49. The first-order valence-corrected chi connectivity index (χ1v) is 13.7. The van der Waals surface area contributed by atoms with Gasteiger partial charge in [0.2, 0.25) is 12.2 Å². The first kappa shape index (κ1) is 26.0. The number of nitrogen functional groups attached to an aromatic ring is 1. The number of benzene rings is 1. The number of imidazole rings is 1. The van der Waals surface area contributed by atoms with Crippen molar-refractivity contribution in [2.45, 2.75) is 82.5 Å². The second-order valence-electron chi connectivity index (χ2n) is 12.2. The number of nitrogens with two attached hydrogens (primary N) is 1. The highest BCUT2D eigenvalue weighted by Gasteiger charge is 2.49. The lowest BCUT2D eigenvalue weighted by atomic mass is 9.76. The first-order valence-electron chi connectivity index (χ1n) is 13.7. The van der Waals surface area contributed by atoms with Crippen LogP contribution < -0.4 is 5.73 Å². The summed E-state index contributed by atoms with van der Waals surface area (Å²) in [7, 11) is 2.05. The maximum absolute atomic E-state index is 10.7. The van der Waals surface area contributed by atoms with Gasteiger partial charge in [0.25, 0.3) is 5.69 Å². The van der Waals surface area contributed by atoms with Gasteiger partial charge in [-0.25, -0.2) is 4.98 Å². The number of nitrogens with zero attached hydrogens (tertiary/aromatic N) is 6. The Morgan fingerprint density at radius 3 is 2.77 bits per heavy atom. The summed E-state index contributed by atoms with van der Waals surface area (Å²) in [5.74, 6) is 2.33. The maximum atomic E-state index is 10.7. The Morgan fingerprint density at radius 1 is 1.21 bits per heavy atom. The van der Waals surface area contributed by atoms with Crippen LogP contribution >= 0.6 is 0 Å². The minimum absolute atomic E-state index is 0.112. The topological polar surface area (TPSA) is 149 Å². The Balaban J connectivity index is 1.00. The SMILES string of the molecule is CN(CC1OC([N+]2=C=Nc3c(N)ncnc32)C(O)C1O)C1CC(CCc2nc3ccc(C(C)(C)C)cc3[nH]2)C1. The van der Waals surface area contributed by atoms with Gasteiger partial charge in [-0.15, -0.1) is 0 Å². The molecule has 2 fully saturated rings. The third-order valence-electron chi connectivity index (χ3n) is 8.41. The maximum Gasteiger partial charge on any atom is 0.321 e. The molecule has 1 aliphatic carbocycles. The van der Waals surface area contributed by atoms with Crippen LogP contribution in [0.3, 0.4) is 0 Å². The highest BCUT2D eigenvalue weighted by Crippen LogP contribution is 2.38. The lowest BCUT2D eigenvalue weighted by Gasteiger charge is -2.42. The van der Waals surface area contributed by atoms with Crippen molar-refractivity contribution >= 4 is 34.4 Å². The van der Waals surface area contributed by atoms with Crippen molar-refractivity contribution in [1.82, 2.24) is 24.8 Å². The number of anilines is 1. The number of rotatable bonds is 7. The van der Waals surface area contributed by atoms with Gasteiger partial charge in [-0.3, -0.25) is 0 Å². The summed E-state index contributed by atoms with van der Waals surface area (Å²) in [4.78, 5) is 22.8. The van der Waals surface area contributed by atoms with E-state index >= 15 is 0 Å². The quantitative estimate of drug-likeness (QED) is 0.339. The first-order chi connectivity index (χ1) is 18.6. The van der Waals surface area contributed by atoms with Gasteiger partial charge in [0, 0.05) is 19.0 Å². The molecular formula is C28H37N8O3+. The Labute approximate surface area is 227 Å². The zero-order valence-electron chi connectivity index (χ0n) is 22.9. The molecular weight excluding hydrogens is 496 g/mol. The molecule has 11 nitrogen and oxygen atoms in total. The number of aliphatic hydroxyl groups is 2. The summed E-state index contributed by atoms with van der Waals surface area (Å²) in [6.07, 6.45) is 1.97. The smallest absolute Gasteiger partial charge is 0.321 e. The van der Waals surface area contributed by atoms with Crippen LogP contribution in [-0.4, -0.2) is 89.8 Å². The fourth-order valence-corrected chi connectivity index (χ4v) is 5.81. The minimum atomic E-state index is -1.13. The van der Waals surface area contributed by atoms with E-state index in [1.807, 2.05) is 0 Å². The number of nitrogens with one attached hydrogen (secondary N) is 1. The van der Waals surface area contributed by atoms with Crippen molar-refractivity contribution in [2.24, 2.45) is 10.9 Å². The van der Waals surface area contributed by atoms with Crippen LogP contribution in [0, 0.1) is 5.92 Å². The number of ether oxygens (including phenoxy) is 1. The van der Waals surface area contributed by atoms with Gasteiger partial charge < -0.3 is 30.6 Å². The largest absolute Gasteiger partial charge is 0.387 e. The number of hydrogen-bond donors (Lipinski definition) is 4. The number of fused-ring (bicyclic) bond motifs is 2. The average molecular weight is 534 g/mol. The molecule has 3 aliphatic rings. The molecule has 1 saturated carbocycles. The fourth-order valence-electron chi connectivity index (χ4n) is 5.81. The number of H-pyrrole nitrogens is 1. The molecule has 2 aromatic heterocycles. The van der Waals surface area contributed by atoms with Gasteiger partial charge >= 0.3 is 5.82 Å². The highest BCUT2D eigenvalue weighted by molar-refractivity contribution is 5.76. The lowest BCUT2D eigenvalue weighted by Crippen LogP contribution is -2.47. The number of aryl methyl sites for hydroxylation is 1. The third-order valence-corrected chi connectivity index (χ3v) is 8.41. The van der Waals surface area contributed by atoms with Crippen molar-refractivity contribution < 1.29 is 19.5 Å². The molecule has 1 aromatic carbocycles. The number of likely N-dealkylation sites (N-methyl/N-ethyl adjacent to an activating group) is 1. The van der Waals surface area contributed by atoms with Gasteiger partial charge in [-0.2, -0.15) is 9.56 Å². The van der Waals surface area contributed by atoms with Crippen molar-refractivity contribution in [3.63, 3.8) is 0 Å². The molecule has 0 amide bonds. The molecule has 6 rings (SSSR count). The second-order valence-corrected chi connectivity index (χ2v) is 12.2. The molecule has 0 spiro atoms. The predicted molar refractivity (Wildman–Crippen MR) is 146 cm³/mol. The number of aromatic nitrogens is 4. The van der Waals surface area contributed by atoms with E-state index in [1.165, 1.54) is 16.5 Å². The molecule has 11 heteroatoms. The van der Waals surface area contributed by atoms with Crippen molar-refractivity contribution in [3.05, 3.63) is 35.9 Å². The van der Waals surface area contributed by atoms with Crippen LogP contribution in [0.4, 0.5) is 17.3 Å². The van der Waals surface area contributed by atoms with Crippen LogP contribution in [0.5, 0.6) is 0 Å². The van der Waals surface area contributed by atoms with E-state index in [0.717, 1.165) is 42.5 Å². The van der Waals surface area contributed by atoms with E-state index in [0.29, 0.717) is 30.0 Å². The summed E-state index contributed by atoms with van der Waals surface area (Å²) < 4.78 is 7.58. The summed E-state index contributed by atoms with van der Waals surface area (Å²) >= 11 is 0. The summed E-state index contributed by atoms with van der Waals surface area (Å²) in [6, 6.07) is 9.71. The number of aliphatic hydroxyl groups excluding tert-OH is 2. The van der Waals surface area contributed by atoms with Crippen molar-refractivity contribution in [3.8, 4) is 0 Å². The van der Waals surface area contributed by atoms with E-state index < -0.39 is 24.5 Å². The molecule has 4 heterocycles. The Morgan fingerprint density at radius 2 is 2.00 bits per heavy atom. The van der Waals surface area contributed by atoms with Gasteiger partial charge in [-0.1, -0.05) is 31.8 Å². The zero-order valence-corrected chi connectivity index (χ0v) is 22.9. The van der Waals surface area contributed by atoms with Crippen LogP contribution in [0.25, 0.3) is 11.0 Å². The second kappa shape index (κ2) is 9.76. The molecule has 4 unspecified atom stereocenters. The van der Waals surface area contributed by atoms with E-state index in [4.69, 9.17) is 15.5 Å². The average Bonchev–Trinajstić information content (AvgIpc) is 3.54. The van der Waals surface area contributed by atoms with E-state index in [1.54, 1.807) is 0 Å². The van der Waals surface area contributed by atoms with Crippen molar-refractivity contribution in [2.75, 3.05) is 19.3 Å². The van der Waals surface area contributed by atoms with Crippen LogP contribution in [-0.2, 0) is 16.6 Å². The zero-order chi connectivity index (χ0) is 27.5. The summed E-state index contributed by atoms with van der Waals surface area (Å²) in [5.41, 5.74) is 9.81. The normalized spacial score (nSPS) is 28.2. The van der Waals surface area contributed by atoms with Gasteiger partial charge in [0.1, 0.15) is 24.1 Å². The van der Waals surface area contributed by atoms with Crippen molar-refractivity contribution in [1.29, 1.82) is 0 Å². The minimum Gasteiger partial charge on any atom is -0.387 e. The molecule has 0 radical (unpaired) electrons. The number of aliphatic imine (C=N–C) groups is 1. The Bertz CT molecular complexity index is 1450. The summed E-state index contributed by atoms with van der Waals surface area (Å²) in [6.45, 7) is 7.18. The van der Waals surface area contributed by atoms with Gasteiger partial charge in [0.15, 0.2) is 12.1 Å². The van der Waals surface area contributed by atoms with E-state index in [2.05, 4.69) is 76.9 Å². The number of aromatic amines is 1. The van der Waals surface area contributed by atoms with Crippen LogP contribution in [0.2, 0.25) is 0 Å². The fraction of sp³-hybridized carbons (Fsp3) is 0.571.